The molecule has 2 unspecified atom stereocenters. The third kappa shape index (κ3) is 3.45. The predicted molar refractivity (Wildman–Crippen MR) is 67.1 cm³/mol. The second-order valence-electron chi connectivity index (χ2n) is 5.15. The minimum Gasteiger partial charge on any atom is -0.480 e. The van der Waals surface area contributed by atoms with Crippen LogP contribution >= 0.6 is 0 Å². The van der Waals surface area contributed by atoms with E-state index in [-0.39, 0.29) is 25.4 Å². The monoisotopic (exact) mass is 260 g/mol. The summed E-state index contributed by atoms with van der Waals surface area (Å²) >= 11 is 0. The SMILES string of the molecule is CCOC(=O)C(CC)(CC(C)(O)C(C)C)C(=O)O. The van der Waals surface area contributed by atoms with Gasteiger partial charge in [-0.05, 0) is 26.2 Å². The minimum absolute atomic E-state index is 0.0873. The minimum atomic E-state index is -1.68. The maximum absolute atomic E-state index is 11.9. The average molecular weight is 260 g/mol. The van der Waals surface area contributed by atoms with Crippen molar-refractivity contribution in [3.63, 3.8) is 0 Å². The van der Waals surface area contributed by atoms with E-state index >= 15 is 0 Å². The van der Waals surface area contributed by atoms with Crippen molar-refractivity contribution in [2.24, 2.45) is 11.3 Å². The Balaban J connectivity index is 5.36. The highest BCUT2D eigenvalue weighted by Gasteiger charge is 2.50. The van der Waals surface area contributed by atoms with Gasteiger partial charge in [-0.3, -0.25) is 9.59 Å². The summed E-state index contributed by atoms with van der Waals surface area (Å²) in [5, 5.41) is 19.6. The van der Waals surface area contributed by atoms with Crippen LogP contribution in [0.2, 0.25) is 0 Å². The second kappa shape index (κ2) is 6.18. The van der Waals surface area contributed by atoms with Crippen LogP contribution in [-0.2, 0) is 14.3 Å². The fourth-order valence-electron chi connectivity index (χ4n) is 1.74. The lowest BCUT2D eigenvalue weighted by Crippen LogP contribution is -2.48. The van der Waals surface area contributed by atoms with Gasteiger partial charge in [0, 0.05) is 6.42 Å². The molecule has 0 bridgehead atoms. The van der Waals surface area contributed by atoms with Crippen molar-refractivity contribution in [1.82, 2.24) is 0 Å². The molecule has 2 atom stereocenters. The highest BCUT2D eigenvalue weighted by atomic mass is 16.5. The topological polar surface area (TPSA) is 83.8 Å². The lowest BCUT2D eigenvalue weighted by molar-refractivity contribution is -0.175. The summed E-state index contributed by atoms with van der Waals surface area (Å²) in [6.45, 7) is 8.48. The molecule has 0 radical (unpaired) electrons. The van der Waals surface area contributed by atoms with E-state index in [1.807, 2.05) is 0 Å². The Hall–Kier alpha value is -1.10. The standard InChI is InChI=1S/C13H24O5/c1-6-13(10(14)15,11(16)18-7-2)8-12(5,17)9(3)4/h9,17H,6-8H2,1-5H3,(H,14,15). The van der Waals surface area contributed by atoms with Gasteiger partial charge in [-0.2, -0.15) is 0 Å². The van der Waals surface area contributed by atoms with E-state index in [1.54, 1.807) is 34.6 Å². The van der Waals surface area contributed by atoms with E-state index in [0.29, 0.717) is 0 Å². The molecule has 0 spiro atoms. The van der Waals surface area contributed by atoms with E-state index in [2.05, 4.69) is 0 Å². The third-order valence-electron chi connectivity index (χ3n) is 3.58. The zero-order valence-corrected chi connectivity index (χ0v) is 11.8. The molecule has 5 nitrogen and oxygen atoms in total. The fraction of sp³-hybridized carbons (Fsp3) is 0.846. The number of carbonyl (C=O) groups excluding carboxylic acids is 1. The molecule has 0 aromatic carbocycles. The summed E-state index contributed by atoms with van der Waals surface area (Å²) in [5.74, 6) is -2.18. The van der Waals surface area contributed by atoms with Crippen LogP contribution in [0, 0.1) is 11.3 Å². The summed E-state index contributed by atoms with van der Waals surface area (Å²) in [7, 11) is 0. The average Bonchev–Trinajstić information content (AvgIpc) is 2.25. The largest absolute Gasteiger partial charge is 0.480 e. The third-order valence-corrected chi connectivity index (χ3v) is 3.58. The Kier molecular flexibility index (Phi) is 5.80. The van der Waals surface area contributed by atoms with Gasteiger partial charge in [0.1, 0.15) is 0 Å². The van der Waals surface area contributed by atoms with Gasteiger partial charge >= 0.3 is 11.9 Å². The van der Waals surface area contributed by atoms with Crippen molar-refractivity contribution < 1.29 is 24.5 Å². The van der Waals surface area contributed by atoms with Gasteiger partial charge in [0.25, 0.3) is 0 Å². The molecular formula is C13H24O5. The number of esters is 1. The first-order valence-corrected chi connectivity index (χ1v) is 6.27. The normalized spacial score (nSPS) is 17.9. The number of aliphatic hydroxyl groups is 1. The molecule has 0 amide bonds. The Labute approximate surface area is 108 Å². The number of hydrogen-bond acceptors (Lipinski definition) is 4. The number of carboxylic acids is 1. The molecule has 2 N–H and O–H groups in total. The Bertz CT molecular complexity index is 309. The number of aliphatic carboxylic acids is 1. The molecule has 0 saturated heterocycles. The highest BCUT2D eigenvalue weighted by Crippen LogP contribution is 2.37. The summed E-state index contributed by atoms with van der Waals surface area (Å²) in [6.07, 6.45) is -0.0631. The Morgan fingerprint density at radius 2 is 1.78 bits per heavy atom. The fourth-order valence-corrected chi connectivity index (χ4v) is 1.74. The lowest BCUT2D eigenvalue weighted by atomic mass is 9.72. The van der Waals surface area contributed by atoms with Crippen LogP contribution in [0.5, 0.6) is 0 Å². The van der Waals surface area contributed by atoms with Gasteiger partial charge in [-0.15, -0.1) is 0 Å². The molecule has 0 aliphatic rings. The Morgan fingerprint density at radius 3 is 2.06 bits per heavy atom. The van der Waals surface area contributed by atoms with E-state index in [4.69, 9.17) is 4.74 Å². The van der Waals surface area contributed by atoms with E-state index in [9.17, 15) is 19.8 Å². The van der Waals surface area contributed by atoms with Crippen LogP contribution in [0.25, 0.3) is 0 Å². The molecule has 5 heteroatoms. The van der Waals surface area contributed by atoms with Crippen LogP contribution in [0.1, 0.15) is 47.5 Å². The lowest BCUT2D eigenvalue weighted by Gasteiger charge is -2.36. The van der Waals surface area contributed by atoms with Crippen molar-refractivity contribution in [3.8, 4) is 0 Å². The van der Waals surface area contributed by atoms with Crippen molar-refractivity contribution in [3.05, 3.63) is 0 Å². The van der Waals surface area contributed by atoms with Crippen LogP contribution < -0.4 is 0 Å². The molecule has 0 rings (SSSR count). The number of hydrogen-bond donors (Lipinski definition) is 2. The first-order chi connectivity index (χ1) is 8.14. The maximum Gasteiger partial charge on any atom is 0.323 e. The first kappa shape index (κ1) is 16.9. The van der Waals surface area contributed by atoms with Crippen LogP contribution in [0.4, 0.5) is 0 Å². The molecule has 0 fully saturated rings. The van der Waals surface area contributed by atoms with Crippen LogP contribution in [0.15, 0.2) is 0 Å². The molecule has 0 aliphatic carbocycles. The quantitative estimate of drug-likeness (QED) is 0.539. The first-order valence-electron chi connectivity index (χ1n) is 6.27. The number of ether oxygens (including phenoxy) is 1. The molecule has 0 saturated carbocycles. The van der Waals surface area contributed by atoms with Crippen LogP contribution in [-0.4, -0.2) is 34.4 Å². The Morgan fingerprint density at radius 1 is 1.28 bits per heavy atom. The number of carbonyl (C=O) groups is 2. The molecule has 106 valence electrons. The van der Waals surface area contributed by atoms with Gasteiger partial charge in [0.2, 0.25) is 0 Å². The molecule has 0 aromatic rings. The van der Waals surface area contributed by atoms with Gasteiger partial charge in [0.05, 0.1) is 12.2 Å². The molecule has 0 aromatic heterocycles. The molecule has 0 heterocycles. The molecule has 18 heavy (non-hydrogen) atoms. The van der Waals surface area contributed by atoms with Crippen molar-refractivity contribution in [2.45, 2.75) is 53.1 Å². The van der Waals surface area contributed by atoms with Gasteiger partial charge in [-0.1, -0.05) is 20.8 Å². The van der Waals surface area contributed by atoms with Gasteiger partial charge < -0.3 is 14.9 Å². The van der Waals surface area contributed by atoms with Gasteiger partial charge in [0.15, 0.2) is 5.41 Å². The zero-order valence-electron chi connectivity index (χ0n) is 11.8. The van der Waals surface area contributed by atoms with Crippen molar-refractivity contribution in [1.29, 1.82) is 0 Å². The smallest absolute Gasteiger partial charge is 0.323 e. The maximum atomic E-state index is 11.9. The predicted octanol–water partition coefficient (Wildman–Crippen LogP) is 1.83. The van der Waals surface area contributed by atoms with E-state index < -0.39 is 23.0 Å². The summed E-state index contributed by atoms with van der Waals surface area (Å²) in [4.78, 5) is 23.4. The summed E-state index contributed by atoms with van der Waals surface area (Å²) in [5.41, 5.74) is -2.91. The summed E-state index contributed by atoms with van der Waals surface area (Å²) < 4.78 is 4.85. The summed E-state index contributed by atoms with van der Waals surface area (Å²) in [6, 6.07) is 0. The zero-order chi connectivity index (χ0) is 14.6. The molecule has 0 aliphatic heterocycles. The number of rotatable bonds is 7. The second-order valence-corrected chi connectivity index (χ2v) is 5.15. The molecular weight excluding hydrogens is 236 g/mol. The van der Waals surface area contributed by atoms with Crippen molar-refractivity contribution >= 4 is 11.9 Å². The van der Waals surface area contributed by atoms with Crippen LogP contribution in [0.3, 0.4) is 0 Å². The van der Waals surface area contributed by atoms with Gasteiger partial charge in [-0.25, -0.2) is 0 Å². The highest BCUT2D eigenvalue weighted by molar-refractivity contribution is 5.99. The number of carboxylic acid groups (broad SMARTS) is 1. The van der Waals surface area contributed by atoms with E-state index in [1.165, 1.54) is 0 Å². The van der Waals surface area contributed by atoms with Crippen molar-refractivity contribution in [2.75, 3.05) is 6.61 Å². The van der Waals surface area contributed by atoms with E-state index in [0.717, 1.165) is 0 Å².